The number of nitrogens with one attached hydrogen (secondary N) is 1. The Kier molecular flexibility index (Phi) is 1.74. The molecule has 0 aliphatic carbocycles. The van der Waals surface area contributed by atoms with Crippen LogP contribution in [0.1, 0.15) is 26.2 Å². The highest BCUT2D eigenvalue weighted by molar-refractivity contribution is 5.44. The van der Waals surface area contributed by atoms with Gasteiger partial charge in [0.05, 0.1) is 0 Å². The molecule has 2 rings (SSSR count). The molecule has 3 heteroatoms. The zero-order chi connectivity index (χ0) is 15.0. The fourth-order valence-electron chi connectivity index (χ4n) is 1.60. The molecular weight excluding hydrogens is 190 g/mol. The van der Waals surface area contributed by atoms with E-state index in [2.05, 4.69) is 5.32 Å². The second kappa shape index (κ2) is 4.53. The summed E-state index contributed by atoms with van der Waals surface area (Å²) < 4.78 is 47.1. The van der Waals surface area contributed by atoms with E-state index in [1.807, 2.05) is 12.1 Å². The van der Waals surface area contributed by atoms with Gasteiger partial charge < -0.3 is 14.8 Å². The lowest BCUT2D eigenvalue weighted by Gasteiger charge is -2.12. The number of fused-ring (bicyclic) bond motifs is 1. The highest BCUT2D eigenvalue weighted by atomic mass is 16.7. The van der Waals surface area contributed by atoms with E-state index >= 15 is 0 Å². The largest absolute Gasteiger partial charge is 0.454 e. The zero-order valence-electron chi connectivity index (χ0n) is 13.5. The van der Waals surface area contributed by atoms with Gasteiger partial charge in [0, 0.05) is 12.9 Å². The highest BCUT2D eigenvalue weighted by Crippen LogP contribution is 2.32. The smallest absolute Gasteiger partial charge is 0.231 e. The topological polar surface area (TPSA) is 30.5 Å². The van der Waals surface area contributed by atoms with Gasteiger partial charge in [-0.15, -0.1) is 0 Å². The van der Waals surface area contributed by atoms with Crippen molar-refractivity contribution in [2.75, 3.05) is 13.3 Å². The van der Waals surface area contributed by atoms with Crippen LogP contribution in [0.2, 0.25) is 0 Å². The van der Waals surface area contributed by atoms with Crippen LogP contribution in [0.3, 0.4) is 0 Å². The van der Waals surface area contributed by atoms with Crippen LogP contribution in [0, 0.1) is 0 Å². The van der Waals surface area contributed by atoms with E-state index in [1.54, 1.807) is 13.0 Å². The Hall–Kier alpha value is -1.22. The lowest BCUT2D eigenvalue weighted by Crippen LogP contribution is -2.27. The van der Waals surface area contributed by atoms with Crippen LogP contribution in [-0.2, 0) is 6.42 Å². The Balaban J connectivity index is 2.00. The predicted molar refractivity (Wildman–Crippen MR) is 59.4 cm³/mol. The molecule has 1 N–H and O–H groups in total. The van der Waals surface area contributed by atoms with Crippen LogP contribution in [0.4, 0.5) is 0 Å². The summed E-state index contributed by atoms with van der Waals surface area (Å²) in [4.78, 5) is 0. The van der Waals surface area contributed by atoms with Gasteiger partial charge in [-0.1, -0.05) is 12.9 Å². The van der Waals surface area contributed by atoms with Gasteiger partial charge in [-0.2, -0.15) is 0 Å². The van der Waals surface area contributed by atoms with Crippen LogP contribution in [0.5, 0.6) is 11.5 Å². The number of ether oxygens (including phenoxy) is 2. The molecule has 1 aliphatic heterocycles. The minimum Gasteiger partial charge on any atom is -0.454 e. The summed E-state index contributed by atoms with van der Waals surface area (Å²) in [6, 6.07) is 5.15. The molecule has 3 nitrogen and oxygen atoms in total. The number of hydrogen-bond acceptors (Lipinski definition) is 3. The second-order valence-electron chi connectivity index (χ2n) is 3.56. The maximum atomic E-state index is 7.54. The third kappa shape index (κ3) is 2.42. The van der Waals surface area contributed by atoms with Crippen molar-refractivity contribution in [1.82, 2.24) is 5.32 Å². The molecule has 0 saturated carbocycles. The fourth-order valence-corrected chi connectivity index (χ4v) is 1.60. The van der Waals surface area contributed by atoms with Crippen LogP contribution in [-0.4, -0.2) is 19.3 Å². The van der Waals surface area contributed by atoms with Gasteiger partial charge in [0.25, 0.3) is 0 Å². The molecular formula is C12H17NO2. The van der Waals surface area contributed by atoms with E-state index in [4.69, 9.17) is 16.3 Å². The van der Waals surface area contributed by atoms with Crippen LogP contribution in [0.15, 0.2) is 18.2 Å². The molecule has 0 bridgehead atoms. The molecule has 0 aromatic heterocycles. The van der Waals surface area contributed by atoms with Crippen LogP contribution < -0.4 is 14.8 Å². The fraction of sp³-hybridized carbons (Fsp3) is 0.500. The predicted octanol–water partition coefficient (Wildman–Crippen LogP) is 1.96. The summed E-state index contributed by atoms with van der Waals surface area (Å²) in [5, 5.41) is 2.51. The Bertz CT molecular complexity index is 489. The molecule has 1 heterocycles. The first-order valence-electron chi connectivity index (χ1n) is 7.35. The van der Waals surface area contributed by atoms with Crippen molar-refractivity contribution in [2.45, 2.75) is 26.2 Å². The molecule has 0 amide bonds. The minimum absolute atomic E-state index is 0.203. The van der Waals surface area contributed by atoms with Crippen molar-refractivity contribution in [3.8, 4) is 11.5 Å². The molecule has 82 valence electrons. The standard InChI is InChI=1S/C12H17NO2/c1-3-13-9(2)6-10-4-5-11-12(7-10)15-8-14-11/h4-5,7,9,13H,3,6,8H2,1-2H3/t9-/m0/s1/i1D3,3D2. The molecule has 1 aromatic carbocycles. The molecule has 0 radical (unpaired) electrons. The van der Waals surface area contributed by atoms with Crippen LogP contribution in [0.25, 0.3) is 0 Å². The van der Waals surface area contributed by atoms with Gasteiger partial charge in [0.1, 0.15) is 0 Å². The lowest BCUT2D eigenvalue weighted by atomic mass is 10.1. The average molecular weight is 212 g/mol. The Labute approximate surface area is 97.4 Å². The monoisotopic (exact) mass is 212 g/mol. The van der Waals surface area contributed by atoms with Gasteiger partial charge in [0.15, 0.2) is 11.5 Å². The minimum atomic E-state index is -2.70. The number of likely N-dealkylation sites (N-methyl/N-ethyl adjacent to an activating group) is 1. The van der Waals surface area contributed by atoms with E-state index in [1.165, 1.54) is 0 Å². The Morgan fingerprint density at radius 3 is 3.27 bits per heavy atom. The summed E-state index contributed by atoms with van der Waals surface area (Å²) >= 11 is 0. The van der Waals surface area contributed by atoms with E-state index in [0.29, 0.717) is 17.9 Å². The van der Waals surface area contributed by atoms with Crippen molar-refractivity contribution in [2.24, 2.45) is 0 Å². The molecule has 1 atom stereocenters. The molecule has 1 aliphatic rings. The van der Waals surface area contributed by atoms with Gasteiger partial charge in [0.2, 0.25) is 6.79 Å². The third-order valence-corrected chi connectivity index (χ3v) is 2.30. The molecule has 0 unspecified atom stereocenters. The summed E-state index contributed by atoms with van der Waals surface area (Å²) in [6.07, 6.45) is 0.492. The summed E-state index contributed by atoms with van der Waals surface area (Å²) in [5.41, 5.74) is 0.926. The summed E-state index contributed by atoms with van der Waals surface area (Å²) in [7, 11) is 0. The normalized spacial score (nSPS) is 22.1. The van der Waals surface area contributed by atoms with Gasteiger partial charge in [-0.3, -0.25) is 0 Å². The van der Waals surface area contributed by atoms with Crippen molar-refractivity contribution >= 4 is 0 Å². The summed E-state index contributed by atoms with van der Waals surface area (Å²) in [6.45, 7) is -3.17. The van der Waals surface area contributed by atoms with Gasteiger partial charge >= 0.3 is 0 Å². The first kappa shape index (κ1) is 5.75. The summed E-state index contributed by atoms with van der Waals surface area (Å²) in [5.74, 6) is 1.35. The molecule has 1 aromatic rings. The van der Waals surface area contributed by atoms with Crippen molar-refractivity contribution in [3.63, 3.8) is 0 Å². The lowest BCUT2D eigenvalue weighted by molar-refractivity contribution is 0.174. The number of rotatable bonds is 4. The third-order valence-electron chi connectivity index (χ3n) is 2.30. The Morgan fingerprint density at radius 1 is 1.53 bits per heavy atom. The van der Waals surface area contributed by atoms with Crippen molar-refractivity contribution in [1.29, 1.82) is 0 Å². The van der Waals surface area contributed by atoms with E-state index in [-0.39, 0.29) is 12.8 Å². The maximum Gasteiger partial charge on any atom is 0.231 e. The average Bonchev–Trinajstić information content (AvgIpc) is 2.73. The van der Waals surface area contributed by atoms with Gasteiger partial charge in [-0.05, 0) is 37.5 Å². The molecule has 0 saturated heterocycles. The second-order valence-corrected chi connectivity index (χ2v) is 3.56. The van der Waals surface area contributed by atoms with Gasteiger partial charge in [-0.25, -0.2) is 0 Å². The SMILES string of the molecule is [2H]C([2H])([2H])C([2H])([2H])N[C@@H](C)Cc1ccc2c(c1)OCO2. The first-order valence-corrected chi connectivity index (χ1v) is 4.85. The van der Waals surface area contributed by atoms with Crippen molar-refractivity contribution < 1.29 is 16.3 Å². The molecule has 0 spiro atoms. The highest BCUT2D eigenvalue weighted by Gasteiger charge is 2.13. The van der Waals surface area contributed by atoms with Crippen molar-refractivity contribution in [3.05, 3.63) is 23.8 Å². The molecule has 0 fully saturated rings. The van der Waals surface area contributed by atoms with E-state index in [0.717, 1.165) is 5.56 Å². The number of benzene rings is 1. The zero-order valence-corrected chi connectivity index (χ0v) is 8.54. The van der Waals surface area contributed by atoms with E-state index < -0.39 is 13.3 Å². The first-order chi connectivity index (χ1) is 9.19. The maximum absolute atomic E-state index is 7.54. The quantitative estimate of drug-likeness (QED) is 0.827. The van der Waals surface area contributed by atoms with E-state index in [9.17, 15) is 0 Å². The van der Waals surface area contributed by atoms with Crippen LogP contribution >= 0.6 is 0 Å². The molecule has 15 heavy (non-hydrogen) atoms. The number of hydrogen-bond donors (Lipinski definition) is 1. The Morgan fingerprint density at radius 2 is 2.40 bits per heavy atom.